The Balaban J connectivity index is 1.81. The number of sulfonamides is 1. The third-order valence-corrected chi connectivity index (χ3v) is 7.58. The minimum atomic E-state index is -3.55. The molecule has 124 valence electrons. The first-order valence-electron chi connectivity index (χ1n) is 7.73. The van der Waals surface area contributed by atoms with Gasteiger partial charge in [-0.3, -0.25) is 0 Å². The molecule has 0 amide bonds. The Kier molecular flexibility index (Phi) is 4.83. The molecule has 0 saturated heterocycles. The van der Waals surface area contributed by atoms with Gasteiger partial charge in [0.05, 0.1) is 4.90 Å². The summed E-state index contributed by atoms with van der Waals surface area (Å²) in [6, 6.07) is 9.02. The smallest absolute Gasteiger partial charge is 0.210 e. The molecule has 0 spiro atoms. The van der Waals surface area contributed by atoms with Gasteiger partial charge in [-0.05, 0) is 48.9 Å². The van der Waals surface area contributed by atoms with Crippen LogP contribution in [-0.4, -0.2) is 15.0 Å². The Morgan fingerprint density at radius 3 is 2.61 bits per heavy atom. The van der Waals surface area contributed by atoms with Gasteiger partial charge in [0, 0.05) is 21.9 Å². The van der Waals surface area contributed by atoms with Gasteiger partial charge in [-0.15, -0.1) is 11.3 Å². The van der Waals surface area contributed by atoms with E-state index in [2.05, 4.69) is 16.2 Å². The van der Waals surface area contributed by atoms with Crippen LogP contribution in [0.5, 0.6) is 0 Å². The van der Waals surface area contributed by atoms with Crippen molar-refractivity contribution in [3.05, 3.63) is 51.2 Å². The zero-order chi connectivity index (χ0) is 16.5. The first-order valence-corrected chi connectivity index (χ1v) is 10.5. The predicted molar refractivity (Wildman–Crippen MR) is 95.8 cm³/mol. The Labute approximate surface area is 146 Å². The lowest BCUT2D eigenvalue weighted by molar-refractivity contribution is 0.440. The summed E-state index contributed by atoms with van der Waals surface area (Å²) in [5.74, 6) is 0. The first kappa shape index (κ1) is 17.0. The normalized spacial score (nSPS) is 17.5. The average Bonchev–Trinajstić information content (AvgIpc) is 3.19. The van der Waals surface area contributed by atoms with Crippen LogP contribution in [-0.2, 0) is 15.4 Å². The summed E-state index contributed by atoms with van der Waals surface area (Å²) >= 11 is 7.78. The standard InChI is InChI=1S/C17H20ClNO2S2/c1-13-6-7-14(11-15(13)18)23(20,21)19-12-17(8-2-3-9-17)16-5-4-10-22-16/h4-7,10-11,19H,2-3,8-9,12H2,1H3. The van der Waals surface area contributed by atoms with Crippen molar-refractivity contribution in [3.8, 4) is 0 Å². The predicted octanol–water partition coefficient (Wildman–Crippen LogP) is 4.50. The number of hydrogen-bond acceptors (Lipinski definition) is 3. The molecule has 2 aromatic rings. The zero-order valence-electron chi connectivity index (χ0n) is 13.0. The molecule has 1 aromatic heterocycles. The second-order valence-corrected chi connectivity index (χ2v) is 9.32. The average molecular weight is 370 g/mol. The monoisotopic (exact) mass is 369 g/mol. The van der Waals surface area contributed by atoms with Crippen molar-refractivity contribution in [2.75, 3.05) is 6.54 Å². The molecule has 3 rings (SSSR count). The number of halogens is 1. The molecule has 23 heavy (non-hydrogen) atoms. The molecule has 0 aliphatic heterocycles. The van der Waals surface area contributed by atoms with Gasteiger partial charge in [0.15, 0.2) is 0 Å². The molecule has 1 aliphatic carbocycles. The van der Waals surface area contributed by atoms with E-state index in [0.29, 0.717) is 11.6 Å². The molecule has 1 aromatic carbocycles. The van der Waals surface area contributed by atoms with E-state index in [1.807, 2.05) is 13.0 Å². The van der Waals surface area contributed by atoms with Crippen LogP contribution >= 0.6 is 22.9 Å². The Bertz CT molecular complexity index is 779. The lowest BCUT2D eigenvalue weighted by Gasteiger charge is -2.28. The summed E-state index contributed by atoms with van der Waals surface area (Å²) in [7, 11) is -3.55. The van der Waals surface area contributed by atoms with Gasteiger partial charge in [0.1, 0.15) is 0 Å². The van der Waals surface area contributed by atoms with E-state index >= 15 is 0 Å². The second kappa shape index (κ2) is 6.55. The van der Waals surface area contributed by atoms with Crippen molar-refractivity contribution >= 4 is 33.0 Å². The van der Waals surface area contributed by atoms with Gasteiger partial charge >= 0.3 is 0 Å². The zero-order valence-corrected chi connectivity index (χ0v) is 15.4. The van der Waals surface area contributed by atoms with Crippen molar-refractivity contribution in [2.24, 2.45) is 0 Å². The Morgan fingerprint density at radius 1 is 1.26 bits per heavy atom. The maximum absolute atomic E-state index is 12.6. The molecular formula is C17H20ClNO2S2. The highest BCUT2D eigenvalue weighted by atomic mass is 35.5. The van der Waals surface area contributed by atoms with E-state index in [1.54, 1.807) is 23.5 Å². The number of aryl methyl sites for hydroxylation is 1. The van der Waals surface area contributed by atoms with Crippen LogP contribution in [0.25, 0.3) is 0 Å². The van der Waals surface area contributed by atoms with Gasteiger partial charge < -0.3 is 0 Å². The molecule has 6 heteroatoms. The van der Waals surface area contributed by atoms with Gasteiger partial charge in [-0.2, -0.15) is 0 Å². The molecule has 0 unspecified atom stereocenters. The minimum Gasteiger partial charge on any atom is -0.210 e. The Hall–Kier alpha value is -0.880. The molecule has 1 fully saturated rings. The fourth-order valence-electron chi connectivity index (χ4n) is 3.20. The highest BCUT2D eigenvalue weighted by Gasteiger charge is 2.37. The van der Waals surface area contributed by atoms with E-state index in [4.69, 9.17) is 11.6 Å². The van der Waals surface area contributed by atoms with Crippen LogP contribution in [0.2, 0.25) is 5.02 Å². The molecule has 1 aliphatic rings. The third-order valence-electron chi connectivity index (χ3n) is 4.66. The number of nitrogens with one attached hydrogen (secondary N) is 1. The molecule has 1 N–H and O–H groups in total. The van der Waals surface area contributed by atoms with Crippen molar-refractivity contribution in [2.45, 2.75) is 42.9 Å². The molecule has 0 bridgehead atoms. The minimum absolute atomic E-state index is 0.0598. The van der Waals surface area contributed by atoms with E-state index in [1.165, 1.54) is 10.9 Å². The van der Waals surface area contributed by atoms with Gasteiger partial charge in [-0.1, -0.05) is 36.6 Å². The van der Waals surface area contributed by atoms with Crippen molar-refractivity contribution in [1.29, 1.82) is 0 Å². The van der Waals surface area contributed by atoms with Crippen LogP contribution in [0.3, 0.4) is 0 Å². The van der Waals surface area contributed by atoms with Gasteiger partial charge in [0.2, 0.25) is 10.0 Å². The van der Waals surface area contributed by atoms with Crippen molar-refractivity contribution in [3.63, 3.8) is 0 Å². The summed E-state index contributed by atoms with van der Waals surface area (Å²) in [6.07, 6.45) is 4.36. The van der Waals surface area contributed by atoms with Crippen LogP contribution in [0.15, 0.2) is 40.6 Å². The highest BCUT2D eigenvalue weighted by Crippen LogP contribution is 2.42. The number of thiophene rings is 1. The first-order chi connectivity index (χ1) is 10.9. The largest absolute Gasteiger partial charge is 0.240 e. The highest BCUT2D eigenvalue weighted by molar-refractivity contribution is 7.89. The lowest BCUT2D eigenvalue weighted by Crippen LogP contribution is -2.38. The van der Waals surface area contributed by atoms with Gasteiger partial charge in [-0.25, -0.2) is 13.1 Å². The third kappa shape index (κ3) is 3.48. The topological polar surface area (TPSA) is 46.2 Å². The summed E-state index contributed by atoms with van der Waals surface area (Å²) in [4.78, 5) is 1.51. The maximum Gasteiger partial charge on any atom is 0.240 e. The van der Waals surface area contributed by atoms with Crippen molar-refractivity contribution < 1.29 is 8.42 Å². The molecule has 1 saturated carbocycles. The van der Waals surface area contributed by atoms with Gasteiger partial charge in [0.25, 0.3) is 0 Å². The van der Waals surface area contributed by atoms with Crippen LogP contribution in [0.4, 0.5) is 0 Å². The molecule has 0 atom stereocenters. The summed E-state index contributed by atoms with van der Waals surface area (Å²) in [5.41, 5.74) is 0.812. The van der Waals surface area contributed by atoms with E-state index < -0.39 is 10.0 Å². The molecule has 1 heterocycles. The summed E-state index contributed by atoms with van der Waals surface area (Å²) < 4.78 is 28.0. The molecule has 0 radical (unpaired) electrons. The van der Waals surface area contributed by atoms with E-state index in [-0.39, 0.29) is 10.3 Å². The number of benzene rings is 1. The molecular weight excluding hydrogens is 350 g/mol. The number of rotatable bonds is 5. The maximum atomic E-state index is 12.6. The van der Waals surface area contributed by atoms with Crippen LogP contribution in [0.1, 0.15) is 36.1 Å². The fourth-order valence-corrected chi connectivity index (χ4v) is 5.59. The molecule has 3 nitrogen and oxygen atoms in total. The fraction of sp³-hybridized carbons (Fsp3) is 0.412. The summed E-state index contributed by atoms with van der Waals surface area (Å²) in [6.45, 7) is 2.30. The van der Waals surface area contributed by atoms with Crippen LogP contribution < -0.4 is 4.72 Å². The van der Waals surface area contributed by atoms with E-state index in [0.717, 1.165) is 31.2 Å². The Morgan fingerprint density at radius 2 is 2.00 bits per heavy atom. The quantitative estimate of drug-likeness (QED) is 0.843. The lowest BCUT2D eigenvalue weighted by atomic mass is 9.85. The van der Waals surface area contributed by atoms with E-state index in [9.17, 15) is 8.42 Å². The summed E-state index contributed by atoms with van der Waals surface area (Å²) in [5, 5.41) is 2.53. The SMILES string of the molecule is Cc1ccc(S(=O)(=O)NCC2(c3cccs3)CCCC2)cc1Cl. The number of hydrogen-bond donors (Lipinski definition) is 1. The van der Waals surface area contributed by atoms with Crippen LogP contribution in [0, 0.1) is 6.92 Å². The van der Waals surface area contributed by atoms with Crippen molar-refractivity contribution in [1.82, 2.24) is 4.72 Å². The second-order valence-electron chi connectivity index (χ2n) is 6.20.